The molecule has 1 saturated heterocycles. The van der Waals surface area contributed by atoms with E-state index in [1.807, 2.05) is 0 Å². The average molecular weight is 373 g/mol. The fraction of sp³-hybridized carbons (Fsp3) is 0.571. The predicted octanol–water partition coefficient (Wildman–Crippen LogP) is -1.01. The molecule has 3 rings (SSSR count). The largest absolute Gasteiger partial charge is 0.350 e. The third-order valence-corrected chi connectivity index (χ3v) is 7.78. The van der Waals surface area contributed by atoms with Gasteiger partial charge in [-0.1, -0.05) is 6.07 Å². The van der Waals surface area contributed by atoms with E-state index in [4.69, 9.17) is 0 Å². The molecule has 0 bridgehead atoms. The summed E-state index contributed by atoms with van der Waals surface area (Å²) in [7, 11) is -6.92. The molecule has 1 aliphatic heterocycles. The first-order valence-corrected chi connectivity index (χ1v) is 11.0. The van der Waals surface area contributed by atoms with E-state index in [0.717, 1.165) is 0 Å². The van der Waals surface area contributed by atoms with E-state index >= 15 is 0 Å². The van der Waals surface area contributed by atoms with E-state index in [9.17, 15) is 21.6 Å². The van der Waals surface area contributed by atoms with Crippen molar-refractivity contribution in [1.29, 1.82) is 0 Å². The second-order valence-electron chi connectivity index (χ2n) is 6.26. The van der Waals surface area contributed by atoms with Gasteiger partial charge in [-0.25, -0.2) is 21.6 Å². The number of carbonyl (C=O) groups excluding carboxylic acids is 1. The van der Waals surface area contributed by atoms with Crippen molar-refractivity contribution in [3.63, 3.8) is 0 Å². The molecule has 0 spiro atoms. The maximum Gasteiger partial charge on any atom is 0.224 e. The van der Waals surface area contributed by atoms with Crippen molar-refractivity contribution in [2.75, 3.05) is 11.5 Å². The number of nitrogens with zero attached hydrogens (tertiary/aromatic N) is 1. The van der Waals surface area contributed by atoms with Gasteiger partial charge in [0, 0.05) is 12.4 Å². The molecule has 2 aliphatic rings. The summed E-state index contributed by atoms with van der Waals surface area (Å²) in [5.41, 5.74) is 0.700. The third kappa shape index (κ3) is 4.31. The minimum Gasteiger partial charge on any atom is -0.350 e. The number of sulfone groups is 1. The summed E-state index contributed by atoms with van der Waals surface area (Å²) >= 11 is 0. The molecule has 2 N–H and O–H groups in total. The Morgan fingerprint density at radius 3 is 2.58 bits per heavy atom. The van der Waals surface area contributed by atoms with Crippen LogP contribution in [0.1, 0.15) is 18.4 Å². The van der Waals surface area contributed by atoms with Crippen molar-refractivity contribution in [3.8, 4) is 0 Å². The fourth-order valence-corrected chi connectivity index (χ4v) is 6.32. The number of rotatable bonds is 6. The van der Waals surface area contributed by atoms with E-state index in [0.29, 0.717) is 18.4 Å². The summed E-state index contributed by atoms with van der Waals surface area (Å²) in [6.45, 7) is 0. The molecule has 1 aliphatic carbocycles. The normalized spacial score (nSPS) is 26.2. The van der Waals surface area contributed by atoms with Crippen LogP contribution >= 0.6 is 0 Å². The van der Waals surface area contributed by atoms with Gasteiger partial charge >= 0.3 is 0 Å². The molecule has 1 amide bonds. The second kappa shape index (κ2) is 6.41. The first kappa shape index (κ1) is 17.3. The number of nitrogens with one attached hydrogen (secondary N) is 2. The van der Waals surface area contributed by atoms with Crippen LogP contribution in [-0.2, 0) is 31.1 Å². The molecule has 1 saturated carbocycles. The number of pyridine rings is 1. The van der Waals surface area contributed by atoms with Crippen LogP contribution in [0, 0.1) is 0 Å². The molecule has 0 aromatic carbocycles. The van der Waals surface area contributed by atoms with Gasteiger partial charge in [0.1, 0.15) is 0 Å². The molecule has 132 valence electrons. The average Bonchev–Trinajstić information content (AvgIpc) is 3.27. The van der Waals surface area contributed by atoms with Crippen LogP contribution in [0.2, 0.25) is 0 Å². The molecule has 0 radical (unpaired) electrons. The van der Waals surface area contributed by atoms with Gasteiger partial charge in [-0.15, -0.1) is 0 Å². The minimum absolute atomic E-state index is 0.0620. The number of carbonyl (C=O) groups is 1. The third-order valence-electron chi connectivity index (χ3n) is 4.07. The Labute approximate surface area is 141 Å². The summed E-state index contributed by atoms with van der Waals surface area (Å²) in [6, 6.07) is 1.87. The maximum atomic E-state index is 12.1. The van der Waals surface area contributed by atoms with E-state index in [1.54, 1.807) is 24.5 Å². The van der Waals surface area contributed by atoms with Crippen molar-refractivity contribution < 1.29 is 21.6 Å². The summed E-state index contributed by atoms with van der Waals surface area (Å²) in [4.78, 5) is 16.0. The first-order chi connectivity index (χ1) is 11.3. The van der Waals surface area contributed by atoms with Crippen LogP contribution in [0.3, 0.4) is 0 Å². The Morgan fingerprint density at radius 2 is 1.96 bits per heavy atom. The quantitative estimate of drug-likeness (QED) is 0.659. The SMILES string of the molecule is O=C(Cc1cccnc1)N[C@@H]1CS(=O)(=O)C[C@H]1NS(=O)(=O)C1CC1. The van der Waals surface area contributed by atoms with Gasteiger partial charge in [-0.3, -0.25) is 9.78 Å². The fourth-order valence-electron chi connectivity index (χ4n) is 2.74. The van der Waals surface area contributed by atoms with E-state index in [-0.39, 0.29) is 23.8 Å². The Balaban J connectivity index is 1.66. The molecule has 24 heavy (non-hydrogen) atoms. The van der Waals surface area contributed by atoms with E-state index in [1.165, 1.54) is 0 Å². The van der Waals surface area contributed by atoms with E-state index in [2.05, 4.69) is 15.0 Å². The zero-order valence-corrected chi connectivity index (χ0v) is 14.5. The first-order valence-electron chi connectivity index (χ1n) is 7.65. The van der Waals surface area contributed by atoms with Crippen LogP contribution in [0.4, 0.5) is 0 Å². The zero-order chi connectivity index (χ0) is 17.4. The Morgan fingerprint density at radius 1 is 1.25 bits per heavy atom. The highest BCUT2D eigenvalue weighted by Gasteiger charge is 2.44. The molecular weight excluding hydrogens is 354 g/mol. The number of sulfonamides is 1. The van der Waals surface area contributed by atoms with Gasteiger partial charge in [0.2, 0.25) is 15.9 Å². The second-order valence-corrected chi connectivity index (χ2v) is 10.4. The molecule has 1 aromatic rings. The van der Waals surface area contributed by atoms with Crippen molar-refractivity contribution >= 4 is 25.8 Å². The standard InChI is InChI=1S/C14H19N3O5S2/c18-14(6-10-2-1-5-15-7-10)16-12-8-23(19,20)9-13(12)17-24(21,22)11-3-4-11/h1-2,5,7,11-13,17H,3-4,6,8-9H2,(H,16,18)/t12-,13-/m1/s1. The van der Waals surface area contributed by atoms with Crippen molar-refractivity contribution in [1.82, 2.24) is 15.0 Å². The van der Waals surface area contributed by atoms with Crippen LogP contribution in [-0.4, -0.2) is 56.6 Å². The molecule has 2 atom stereocenters. The predicted molar refractivity (Wildman–Crippen MR) is 87.4 cm³/mol. The van der Waals surface area contributed by atoms with Crippen molar-refractivity contribution in [2.24, 2.45) is 0 Å². The maximum absolute atomic E-state index is 12.1. The highest BCUT2D eigenvalue weighted by atomic mass is 32.2. The smallest absolute Gasteiger partial charge is 0.224 e. The zero-order valence-electron chi connectivity index (χ0n) is 12.9. The number of hydrogen-bond acceptors (Lipinski definition) is 6. The Bertz CT molecular complexity index is 819. The summed E-state index contributed by atoms with van der Waals surface area (Å²) in [5, 5.41) is 2.20. The highest BCUT2D eigenvalue weighted by molar-refractivity contribution is 7.92. The van der Waals surface area contributed by atoms with Crippen molar-refractivity contribution in [3.05, 3.63) is 30.1 Å². The highest BCUT2D eigenvalue weighted by Crippen LogP contribution is 2.28. The summed E-state index contributed by atoms with van der Waals surface area (Å²) < 4.78 is 50.3. The Hall–Kier alpha value is -1.52. The molecule has 2 fully saturated rings. The van der Waals surface area contributed by atoms with Crippen LogP contribution in [0.15, 0.2) is 24.5 Å². The van der Waals surface area contributed by atoms with Gasteiger partial charge in [-0.2, -0.15) is 0 Å². The summed E-state index contributed by atoms with van der Waals surface area (Å²) in [6.07, 6.45) is 4.39. The van der Waals surface area contributed by atoms with Crippen LogP contribution in [0.25, 0.3) is 0 Å². The van der Waals surface area contributed by atoms with Crippen LogP contribution in [0.5, 0.6) is 0 Å². The minimum atomic E-state index is -3.52. The lowest BCUT2D eigenvalue weighted by molar-refractivity contribution is -0.121. The van der Waals surface area contributed by atoms with Gasteiger partial charge in [0.15, 0.2) is 9.84 Å². The number of hydrogen-bond donors (Lipinski definition) is 2. The molecule has 0 unspecified atom stereocenters. The molecule has 2 heterocycles. The molecule has 1 aromatic heterocycles. The van der Waals surface area contributed by atoms with Gasteiger partial charge < -0.3 is 5.32 Å². The lowest BCUT2D eigenvalue weighted by atomic mass is 10.1. The molecular formula is C14H19N3O5S2. The number of amides is 1. The lowest BCUT2D eigenvalue weighted by Gasteiger charge is -2.20. The monoisotopic (exact) mass is 373 g/mol. The number of aromatic nitrogens is 1. The summed E-state index contributed by atoms with van der Waals surface area (Å²) in [5.74, 6) is -0.916. The van der Waals surface area contributed by atoms with Crippen molar-refractivity contribution in [2.45, 2.75) is 36.6 Å². The van der Waals surface area contributed by atoms with Gasteiger partial charge in [0.25, 0.3) is 0 Å². The molecule has 8 nitrogen and oxygen atoms in total. The molecule has 10 heteroatoms. The van der Waals surface area contributed by atoms with Crippen LogP contribution < -0.4 is 10.0 Å². The van der Waals surface area contributed by atoms with Gasteiger partial charge in [-0.05, 0) is 24.5 Å². The van der Waals surface area contributed by atoms with Gasteiger partial charge in [0.05, 0.1) is 35.3 Å². The topological polar surface area (TPSA) is 122 Å². The van der Waals surface area contributed by atoms with E-state index < -0.39 is 37.2 Å². The lowest BCUT2D eigenvalue weighted by Crippen LogP contribution is -2.51. The Kier molecular flexibility index (Phi) is 4.63.